The van der Waals surface area contributed by atoms with Crippen molar-refractivity contribution in [3.8, 4) is 0 Å². The van der Waals surface area contributed by atoms with Crippen molar-refractivity contribution in [2.24, 2.45) is 0 Å². The van der Waals surface area contributed by atoms with Crippen molar-refractivity contribution in [1.82, 2.24) is 0 Å². The van der Waals surface area contributed by atoms with Crippen molar-refractivity contribution in [2.45, 2.75) is 19.4 Å². The van der Waals surface area contributed by atoms with Crippen molar-refractivity contribution in [2.75, 3.05) is 0 Å². The molecule has 0 radical (unpaired) electrons. The number of hydrogen-bond donors (Lipinski definition) is 1. The summed E-state index contributed by atoms with van der Waals surface area (Å²) >= 11 is 11.7. The smallest absolute Gasteiger partial charge is 0.132 e. The lowest BCUT2D eigenvalue weighted by atomic mass is 10.1. The van der Waals surface area contributed by atoms with E-state index in [2.05, 4.69) is 0 Å². The lowest BCUT2D eigenvalue weighted by Crippen LogP contribution is -2.07. The molecule has 0 spiro atoms. The molecule has 1 aromatic rings. The van der Waals surface area contributed by atoms with E-state index in [9.17, 15) is 9.90 Å². The average molecular weight is 259 g/mol. The van der Waals surface area contributed by atoms with Crippen LogP contribution in [0.5, 0.6) is 0 Å². The van der Waals surface area contributed by atoms with E-state index in [4.69, 9.17) is 23.2 Å². The number of aliphatic hydroxyl groups is 1. The summed E-state index contributed by atoms with van der Waals surface area (Å²) in [6.07, 6.45) is 2.55. The van der Waals surface area contributed by atoms with Crippen LogP contribution in [0.25, 0.3) is 6.08 Å². The van der Waals surface area contributed by atoms with Gasteiger partial charge in [-0.1, -0.05) is 41.4 Å². The Balaban J connectivity index is 2.72. The second-order valence-electron chi connectivity index (χ2n) is 3.50. The van der Waals surface area contributed by atoms with Crippen molar-refractivity contribution in [3.63, 3.8) is 0 Å². The van der Waals surface area contributed by atoms with Crippen LogP contribution in [-0.2, 0) is 4.79 Å². The molecule has 1 rings (SSSR count). The van der Waals surface area contributed by atoms with Crippen molar-refractivity contribution >= 4 is 35.1 Å². The molecule has 86 valence electrons. The first-order valence-electron chi connectivity index (χ1n) is 4.80. The van der Waals surface area contributed by atoms with E-state index in [-0.39, 0.29) is 12.2 Å². The molecule has 0 bridgehead atoms. The standard InChI is InChI=1S/C12H12Cl2O2/c1-8(15)6-11(16)5-3-9-2-4-10(13)7-12(9)14/h2-5,7,11,16H,6H2,1H3/b5-3+/t11-/m0/s1. The van der Waals surface area contributed by atoms with E-state index in [1.165, 1.54) is 13.0 Å². The van der Waals surface area contributed by atoms with Crippen LogP contribution in [0.15, 0.2) is 24.3 Å². The second kappa shape index (κ2) is 6.04. The summed E-state index contributed by atoms with van der Waals surface area (Å²) < 4.78 is 0. The van der Waals surface area contributed by atoms with E-state index in [1.54, 1.807) is 24.3 Å². The number of aliphatic hydroxyl groups excluding tert-OH is 1. The minimum atomic E-state index is -0.774. The van der Waals surface area contributed by atoms with Crippen LogP contribution in [0.2, 0.25) is 10.0 Å². The topological polar surface area (TPSA) is 37.3 Å². The highest BCUT2D eigenvalue weighted by molar-refractivity contribution is 6.35. The zero-order valence-electron chi connectivity index (χ0n) is 8.78. The van der Waals surface area contributed by atoms with Crippen LogP contribution in [0.4, 0.5) is 0 Å². The fourth-order valence-corrected chi connectivity index (χ4v) is 1.69. The fourth-order valence-electron chi connectivity index (χ4n) is 1.21. The Morgan fingerprint density at radius 2 is 2.19 bits per heavy atom. The number of hydrogen-bond acceptors (Lipinski definition) is 2. The molecule has 0 unspecified atom stereocenters. The maximum Gasteiger partial charge on any atom is 0.132 e. The second-order valence-corrected chi connectivity index (χ2v) is 4.34. The molecular formula is C12H12Cl2O2. The zero-order valence-corrected chi connectivity index (χ0v) is 10.3. The van der Waals surface area contributed by atoms with E-state index in [0.29, 0.717) is 10.0 Å². The number of ketones is 1. The molecular weight excluding hydrogens is 247 g/mol. The number of carbonyl (C=O) groups is 1. The van der Waals surface area contributed by atoms with E-state index in [1.807, 2.05) is 0 Å². The van der Waals surface area contributed by atoms with Gasteiger partial charge in [0.1, 0.15) is 5.78 Å². The van der Waals surface area contributed by atoms with Gasteiger partial charge in [-0.3, -0.25) is 4.79 Å². The Morgan fingerprint density at radius 1 is 1.50 bits per heavy atom. The van der Waals surface area contributed by atoms with Gasteiger partial charge in [0.05, 0.1) is 6.10 Å². The molecule has 1 atom stereocenters. The summed E-state index contributed by atoms with van der Waals surface area (Å²) in [5.41, 5.74) is 0.758. The predicted molar refractivity (Wildman–Crippen MR) is 66.8 cm³/mol. The van der Waals surface area contributed by atoms with Gasteiger partial charge in [-0.15, -0.1) is 0 Å². The van der Waals surface area contributed by atoms with Gasteiger partial charge in [0, 0.05) is 16.5 Å². The normalized spacial score (nSPS) is 13.0. The first-order valence-corrected chi connectivity index (χ1v) is 5.55. The molecule has 0 aromatic heterocycles. The first-order chi connectivity index (χ1) is 7.49. The van der Waals surface area contributed by atoms with Gasteiger partial charge in [-0.2, -0.15) is 0 Å². The summed E-state index contributed by atoms with van der Waals surface area (Å²) in [7, 11) is 0. The van der Waals surface area contributed by atoms with Gasteiger partial charge in [0.25, 0.3) is 0 Å². The molecule has 0 saturated carbocycles. The molecule has 0 aliphatic heterocycles. The van der Waals surface area contributed by atoms with Crippen LogP contribution in [0.3, 0.4) is 0 Å². The van der Waals surface area contributed by atoms with Crippen molar-refractivity contribution in [3.05, 3.63) is 39.9 Å². The first kappa shape index (κ1) is 13.2. The minimum Gasteiger partial charge on any atom is -0.389 e. The number of carbonyl (C=O) groups excluding carboxylic acids is 1. The number of benzene rings is 1. The monoisotopic (exact) mass is 258 g/mol. The molecule has 0 amide bonds. The van der Waals surface area contributed by atoms with Gasteiger partial charge in [-0.25, -0.2) is 0 Å². The molecule has 1 aromatic carbocycles. The van der Waals surface area contributed by atoms with Gasteiger partial charge in [0.15, 0.2) is 0 Å². The van der Waals surface area contributed by atoms with Gasteiger partial charge >= 0.3 is 0 Å². The lowest BCUT2D eigenvalue weighted by Gasteiger charge is -2.02. The summed E-state index contributed by atoms with van der Waals surface area (Å²) in [4.78, 5) is 10.7. The Morgan fingerprint density at radius 3 is 2.75 bits per heavy atom. The molecule has 0 saturated heterocycles. The SMILES string of the molecule is CC(=O)C[C@@H](O)/C=C/c1ccc(Cl)cc1Cl. The Hall–Kier alpha value is -0.830. The molecule has 0 aliphatic carbocycles. The van der Waals surface area contributed by atoms with Crippen molar-refractivity contribution in [1.29, 1.82) is 0 Å². The lowest BCUT2D eigenvalue weighted by molar-refractivity contribution is -0.118. The number of halogens is 2. The van der Waals surface area contributed by atoms with Crippen LogP contribution < -0.4 is 0 Å². The molecule has 0 aliphatic rings. The van der Waals surface area contributed by atoms with Gasteiger partial charge in [0.2, 0.25) is 0 Å². The highest BCUT2D eigenvalue weighted by atomic mass is 35.5. The summed E-state index contributed by atoms with van der Waals surface area (Å²) in [5.74, 6) is -0.0562. The van der Waals surface area contributed by atoms with Gasteiger partial charge in [-0.05, 0) is 24.6 Å². The van der Waals surface area contributed by atoms with E-state index >= 15 is 0 Å². The molecule has 16 heavy (non-hydrogen) atoms. The quantitative estimate of drug-likeness (QED) is 0.900. The third-order valence-electron chi connectivity index (χ3n) is 1.96. The van der Waals surface area contributed by atoms with Gasteiger partial charge < -0.3 is 5.11 Å². The number of rotatable bonds is 4. The zero-order chi connectivity index (χ0) is 12.1. The highest BCUT2D eigenvalue weighted by Gasteiger charge is 2.03. The summed E-state index contributed by atoms with van der Waals surface area (Å²) in [6.45, 7) is 1.44. The number of Topliss-reactive ketones (excluding diaryl/α,β-unsaturated/α-hetero) is 1. The molecule has 4 heteroatoms. The summed E-state index contributed by atoms with van der Waals surface area (Å²) in [6, 6.07) is 5.09. The maximum atomic E-state index is 10.7. The highest BCUT2D eigenvalue weighted by Crippen LogP contribution is 2.22. The maximum absolute atomic E-state index is 10.7. The van der Waals surface area contributed by atoms with Crippen LogP contribution in [0.1, 0.15) is 18.9 Å². The van der Waals surface area contributed by atoms with Crippen LogP contribution in [-0.4, -0.2) is 17.0 Å². The molecule has 0 heterocycles. The third-order valence-corrected chi connectivity index (χ3v) is 2.52. The summed E-state index contributed by atoms with van der Waals surface area (Å²) in [5, 5.41) is 10.5. The largest absolute Gasteiger partial charge is 0.389 e. The van der Waals surface area contributed by atoms with Crippen molar-refractivity contribution < 1.29 is 9.90 Å². The van der Waals surface area contributed by atoms with Crippen LogP contribution in [0, 0.1) is 0 Å². The van der Waals surface area contributed by atoms with E-state index in [0.717, 1.165) is 5.56 Å². The molecule has 0 fully saturated rings. The Bertz CT molecular complexity index is 413. The van der Waals surface area contributed by atoms with E-state index < -0.39 is 6.10 Å². The molecule has 2 nitrogen and oxygen atoms in total. The third kappa shape index (κ3) is 4.35. The average Bonchev–Trinajstić information content (AvgIpc) is 2.15. The van der Waals surface area contributed by atoms with Crippen LogP contribution >= 0.6 is 23.2 Å². The molecule has 1 N–H and O–H groups in total. The fraction of sp³-hybridized carbons (Fsp3) is 0.250. The Kier molecular flexibility index (Phi) is 5.00. The predicted octanol–water partition coefficient (Wildman–Crippen LogP) is 3.35. The Labute approximate surface area is 104 Å². The minimum absolute atomic E-state index is 0.0562.